The van der Waals surface area contributed by atoms with Gasteiger partial charge in [0.15, 0.2) is 5.69 Å². The van der Waals surface area contributed by atoms with Crippen LogP contribution in [0.2, 0.25) is 0 Å². The molecule has 2 heterocycles. The van der Waals surface area contributed by atoms with E-state index in [0.717, 1.165) is 11.1 Å². The first-order valence-electron chi connectivity index (χ1n) is 5.78. The van der Waals surface area contributed by atoms with Crippen LogP contribution < -0.4 is 5.32 Å². The summed E-state index contributed by atoms with van der Waals surface area (Å²) in [5.41, 5.74) is 2.72. The molecule has 0 unspecified atom stereocenters. The smallest absolute Gasteiger partial charge is 0.354 e. The molecule has 0 atom stereocenters. The van der Waals surface area contributed by atoms with E-state index in [2.05, 4.69) is 20.3 Å². The third-order valence-corrected chi connectivity index (χ3v) is 2.66. The Morgan fingerprint density at radius 2 is 2.16 bits per heavy atom. The summed E-state index contributed by atoms with van der Waals surface area (Å²) in [6.45, 7) is 4.22. The van der Waals surface area contributed by atoms with Crippen LogP contribution in [0.15, 0.2) is 24.5 Å². The Morgan fingerprint density at radius 3 is 2.84 bits per heavy atom. The number of hydrogen-bond donors (Lipinski definition) is 2. The van der Waals surface area contributed by atoms with Gasteiger partial charge in [-0.25, -0.2) is 14.8 Å². The molecule has 0 aromatic carbocycles. The lowest BCUT2D eigenvalue weighted by atomic mass is 10.2. The molecule has 0 saturated carbocycles. The molecule has 19 heavy (non-hydrogen) atoms. The number of aromatic nitrogens is 3. The monoisotopic (exact) mass is 258 g/mol. The minimum Gasteiger partial charge on any atom is -0.477 e. The number of rotatable bonds is 4. The number of carboxylic acid groups (broad SMARTS) is 1. The molecule has 0 radical (unpaired) electrons. The fourth-order valence-corrected chi connectivity index (χ4v) is 1.61. The van der Waals surface area contributed by atoms with Crippen LogP contribution in [0, 0.1) is 13.8 Å². The Kier molecular flexibility index (Phi) is 3.70. The van der Waals surface area contributed by atoms with E-state index >= 15 is 0 Å². The number of nitrogens with zero attached hydrogens (tertiary/aromatic N) is 3. The molecular formula is C13H14N4O2. The Labute approximate surface area is 110 Å². The first-order valence-corrected chi connectivity index (χ1v) is 5.78. The van der Waals surface area contributed by atoms with E-state index in [1.807, 2.05) is 13.0 Å². The topological polar surface area (TPSA) is 88.0 Å². The van der Waals surface area contributed by atoms with Gasteiger partial charge in [0, 0.05) is 24.6 Å². The zero-order chi connectivity index (χ0) is 13.8. The third-order valence-electron chi connectivity index (χ3n) is 2.66. The van der Waals surface area contributed by atoms with Gasteiger partial charge in [0.05, 0.1) is 0 Å². The second-order valence-corrected chi connectivity index (χ2v) is 4.18. The van der Waals surface area contributed by atoms with Crippen LogP contribution >= 0.6 is 0 Å². The minimum absolute atomic E-state index is 0.0158. The first-order chi connectivity index (χ1) is 9.06. The van der Waals surface area contributed by atoms with Crippen molar-refractivity contribution in [3.63, 3.8) is 0 Å². The number of carboxylic acids is 1. The van der Waals surface area contributed by atoms with E-state index in [9.17, 15) is 4.79 Å². The highest BCUT2D eigenvalue weighted by molar-refractivity contribution is 5.85. The lowest BCUT2D eigenvalue weighted by Gasteiger charge is -2.08. The van der Waals surface area contributed by atoms with E-state index in [1.54, 1.807) is 19.3 Å². The Hall–Kier alpha value is -2.50. The SMILES string of the molecule is Cc1cc(C(=O)O)nc(NCc2cnccc2C)n1. The standard InChI is InChI=1S/C13H14N4O2/c1-8-3-4-14-6-10(8)7-15-13-16-9(2)5-11(17-13)12(18)19/h3-6H,7H2,1-2H3,(H,18,19)(H,15,16,17). The molecule has 98 valence electrons. The molecular weight excluding hydrogens is 244 g/mol. The van der Waals surface area contributed by atoms with Crippen LogP contribution in [0.4, 0.5) is 5.95 Å². The molecule has 2 aromatic rings. The highest BCUT2D eigenvalue weighted by Gasteiger charge is 2.08. The van der Waals surface area contributed by atoms with Crippen molar-refractivity contribution in [1.29, 1.82) is 0 Å². The number of aryl methyl sites for hydroxylation is 2. The summed E-state index contributed by atoms with van der Waals surface area (Å²) in [5, 5.41) is 11.9. The minimum atomic E-state index is -1.06. The number of pyridine rings is 1. The molecule has 6 heteroatoms. The van der Waals surface area contributed by atoms with Crippen molar-refractivity contribution in [3.05, 3.63) is 47.0 Å². The number of carbonyl (C=O) groups is 1. The van der Waals surface area contributed by atoms with Crippen LogP contribution in [0.1, 0.15) is 27.3 Å². The molecule has 0 amide bonds. The summed E-state index contributed by atoms with van der Waals surface area (Å²) in [5.74, 6) is -0.758. The van der Waals surface area contributed by atoms with Crippen molar-refractivity contribution >= 4 is 11.9 Å². The Morgan fingerprint density at radius 1 is 1.37 bits per heavy atom. The predicted octanol–water partition coefficient (Wildman–Crippen LogP) is 1.80. The Balaban J connectivity index is 2.16. The van der Waals surface area contributed by atoms with Gasteiger partial charge in [0.2, 0.25) is 5.95 Å². The Bertz CT molecular complexity index is 613. The summed E-state index contributed by atoms with van der Waals surface area (Å²) in [4.78, 5) is 23.0. The molecule has 0 aliphatic rings. The van der Waals surface area contributed by atoms with Crippen LogP contribution in [0.5, 0.6) is 0 Å². The highest BCUT2D eigenvalue weighted by Crippen LogP contribution is 2.09. The molecule has 0 aliphatic carbocycles. The van der Waals surface area contributed by atoms with Gasteiger partial charge in [-0.05, 0) is 37.1 Å². The second-order valence-electron chi connectivity index (χ2n) is 4.18. The molecule has 0 bridgehead atoms. The zero-order valence-electron chi connectivity index (χ0n) is 10.7. The molecule has 0 saturated heterocycles. The zero-order valence-corrected chi connectivity index (χ0v) is 10.7. The summed E-state index contributed by atoms with van der Waals surface area (Å²) < 4.78 is 0. The lowest BCUT2D eigenvalue weighted by Crippen LogP contribution is -2.09. The maximum Gasteiger partial charge on any atom is 0.354 e. The van der Waals surface area contributed by atoms with E-state index in [-0.39, 0.29) is 5.69 Å². The quantitative estimate of drug-likeness (QED) is 0.869. The van der Waals surface area contributed by atoms with Crippen molar-refractivity contribution in [2.24, 2.45) is 0 Å². The average molecular weight is 258 g/mol. The average Bonchev–Trinajstić information content (AvgIpc) is 2.37. The van der Waals surface area contributed by atoms with E-state index < -0.39 is 5.97 Å². The van der Waals surface area contributed by atoms with E-state index in [4.69, 9.17) is 5.11 Å². The molecule has 2 aromatic heterocycles. The van der Waals surface area contributed by atoms with Gasteiger partial charge in [-0.15, -0.1) is 0 Å². The van der Waals surface area contributed by atoms with Gasteiger partial charge in [-0.1, -0.05) is 0 Å². The molecule has 2 N–H and O–H groups in total. The summed E-state index contributed by atoms with van der Waals surface area (Å²) in [6.07, 6.45) is 3.49. The fourth-order valence-electron chi connectivity index (χ4n) is 1.61. The number of hydrogen-bond acceptors (Lipinski definition) is 5. The molecule has 0 spiro atoms. The number of aromatic carboxylic acids is 1. The number of anilines is 1. The predicted molar refractivity (Wildman–Crippen MR) is 70.0 cm³/mol. The van der Waals surface area contributed by atoms with E-state index in [0.29, 0.717) is 18.2 Å². The van der Waals surface area contributed by atoms with Gasteiger partial charge in [-0.3, -0.25) is 4.98 Å². The van der Waals surface area contributed by atoms with Crippen molar-refractivity contribution < 1.29 is 9.90 Å². The summed E-state index contributed by atoms with van der Waals surface area (Å²) in [7, 11) is 0. The van der Waals surface area contributed by atoms with Crippen LogP contribution in [-0.4, -0.2) is 26.0 Å². The van der Waals surface area contributed by atoms with Crippen molar-refractivity contribution in [2.75, 3.05) is 5.32 Å². The van der Waals surface area contributed by atoms with Gasteiger partial charge in [0.1, 0.15) is 0 Å². The normalized spacial score (nSPS) is 10.2. The second kappa shape index (κ2) is 5.43. The number of nitrogens with one attached hydrogen (secondary N) is 1. The van der Waals surface area contributed by atoms with E-state index in [1.165, 1.54) is 6.07 Å². The van der Waals surface area contributed by atoms with Gasteiger partial charge in [0.25, 0.3) is 0 Å². The molecule has 0 aliphatic heterocycles. The summed E-state index contributed by atoms with van der Waals surface area (Å²) in [6, 6.07) is 3.35. The van der Waals surface area contributed by atoms with Crippen LogP contribution in [-0.2, 0) is 6.54 Å². The maximum absolute atomic E-state index is 10.9. The first kappa shape index (κ1) is 12.9. The molecule has 2 rings (SSSR count). The van der Waals surface area contributed by atoms with Gasteiger partial charge < -0.3 is 10.4 Å². The maximum atomic E-state index is 10.9. The largest absolute Gasteiger partial charge is 0.477 e. The van der Waals surface area contributed by atoms with Crippen molar-refractivity contribution in [2.45, 2.75) is 20.4 Å². The third kappa shape index (κ3) is 3.25. The van der Waals surface area contributed by atoms with Gasteiger partial charge >= 0.3 is 5.97 Å². The molecule has 6 nitrogen and oxygen atoms in total. The summed E-state index contributed by atoms with van der Waals surface area (Å²) >= 11 is 0. The lowest BCUT2D eigenvalue weighted by molar-refractivity contribution is 0.0690. The molecule has 0 fully saturated rings. The van der Waals surface area contributed by atoms with Crippen molar-refractivity contribution in [1.82, 2.24) is 15.0 Å². The van der Waals surface area contributed by atoms with Gasteiger partial charge in [-0.2, -0.15) is 0 Å². The highest BCUT2D eigenvalue weighted by atomic mass is 16.4. The van der Waals surface area contributed by atoms with Crippen molar-refractivity contribution in [3.8, 4) is 0 Å². The van der Waals surface area contributed by atoms with Crippen LogP contribution in [0.25, 0.3) is 0 Å². The fraction of sp³-hybridized carbons (Fsp3) is 0.231. The van der Waals surface area contributed by atoms with Crippen LogP contribution in [0.3, 0.4) is 0 Å².